The van der Waals surface area contributed by atoms with Crippen molar-refractivity contribution < 1.29 is 15.0 Å². The van der Waals surface area contributed by atoms with Crippen LogP contribution in [-0.4, -0.2) is 26.2 Å². The molecule has 20 heavy (non-hydrogen) atoms. The van der Waals surface area contributed by atoms with E-state index >= 15 is 0 Å². The van der Waals surface area contributed by atoms with E-state index in [1.54, 1.807) is 12.4 Å². The highest BCUT2D eigenvalue weighted by molar-refractivity contribution is 5.91. The summed E-state index contributed by atoms with van der Waals surface area (Å²) in [6, 6.07) is 7.31. The first-order valence-corrected chi connectivity index (χ1v) is 6.04. The summed E-state index contributed by atoms with van der Waals surface area (Å²) in [5.74, 6) is -0.435. The van der Waals surface area contributed by atoms with Gasteiger partial charge in [-0.2, -0.15) is 0 Å². The zero-order valence-corrected chi connectivity index (χ0v) is 10.9. The van der Waals surface area contributed by atoms with Gasteiger partial charge >= 0.3 is 5.97 Å². The minimum atomic E-state index is -0.968. The van der Waals surface area contributed by atoms with Crippen LogP contribution in [0.1, 0.15) is 18.1 Å². The number of nitrogens with zero attached hydrogens (tertiary/aromatic N) is 2. The van der Waals surface area contributed by atoms with Crippen molar-refractivity contribution in [1.29, 1.82) is 0 Å². The van der Waals surface area contributed by atoms with Gasteiger partial charge in [0.1, 0.15) is 0 Å². The summed E-state index contributed by atoms with van der Waals surface area (Å²) in [4.78, 5) is 19.1. The second kappa shape index (κ2) is 6.08. The van der Waals surface area contributed by atoms with Crippen molar-refractivity contribution in [2.24, 2.45) is 0 Å². The molecule has 0 aliphatic rings. The first-order chi connectivity index (χ1) is 9.60. The van der Waals surface area contributed by atoms with Crippen LogP contribution in [0.25, 0.3) is 17.5 Å². The van der Waals surface area contributed by atoms with Crippen molar-refractivity contribution in [2.75, 3.05) is 0 Å². The summed E-state index contributed by atoms with van der Waals surface area (Å²) in [7, 11) is 0. The van der Waals surface area contributed by atoms with E-state index in [1.165, 1.54) is 13.0 Å². The summed E-state index contributed by atoms with van der Waals surface area (Å²) in [5.41, 5.74) is 2.45. The third kappa shape index (κ3) is 3.27. The molecule has 5 heteroatoms. The average Bonchev–Trinajstić information content (AvgIpc) is 2.48. The molecule has 1 heterocycles. The molecule has 0 aliphatic carbocycles. The number of aromatic nitrogens is 2. The molecule has 0 saturated heterocycles. The largest absolute Gasteiger partial charge is 0.478 e. The van der Waals surface area contributed by atoms with Gasteiger partial charge in [-0.3, -0.25) is 0 Å². The Morgan fingerprint density at radius 2 is 2.00 bits per heavy atom. The minimum absolute atomic E-state index is 0.0353. The molecule has 0 atom stereocenters. The van der Waals surface area contributed by atoms with E-state index in [1.807, 2.05) is 24.3 Å². The fourth-order valence-electron chi connectivity index (χ4n) is 1.68. The van der Waals surface area contributed by atoms with Crippen molar-refractivity contribution in [1.82, 2.24) is 9.97 Å². The smallest absolute Gasteiger partial charge is 0.331 e. The van der Waals surface area contributed by atoms with Crippen LogP contribution in [0.2, 0.25) is 0 Å². The SMILES string of the molecule is CC(=Cc1cnc(-c2cccc(CO)c2)nc1)C(=O)O. The maximum absolute atomic E-state index is 10.7. The van der Waals surface area contributed by atoms with Crippen LogP contribution in [0, 0.1) is 0 Å². The Balaban J connectivity index is 2.28. The molecule has 2 N–H and O–H groups in total. The Labute approximate surface area is 116 Å². The van der Waals surface area contributed by atoms with Gasteiger partial charge in [0, 0.05) is 29.1 Å². The molecule has 2 aromatic rings. The predicted molar refractivity (Wildman–Crippen MR) is 74.7 cm³/mol. The van der Waals surface area contributed by atoms with Gasteiger partial charge in [-0.05, 0) is 24.6 Å². The Kier molecular flexibility index (Phi) is 4.22. The number of rotatable bonds is 4. The number of aliphatic carboxylic acids is 1. The topological polar surface area (TPSA) is 83.3 Å². The van der Waals surface area contributed by atoms with Gasteiger partial charge in [-0.25, -0.2) is 14.8 Å². The molecule has 1 aromatic heterocycles. The third-order valence-corrected chi connectivity index (χ3v) is 2.76. The number of hydrogen-bond donors (Lipinski definition) is 2. The number of aliphatic hydroxyl groups excluding tert-OH is 1. The highest BCUT2D eigenvalue weighted by atomic mass is 16.4. The van der Waals surface area contributed by atoms with Crippen LogP contribution in [-0.2, 0) is 11.4 Å². The Bertz CT molecular complexity index is 648. The summed E-state index contributed by atoms with van der Waals surface area (Å²) < 4.78 is 0. The van der Waals surface area contributed by atoms with Crippen molar-refractivity contribution in [2.45, 2.75) is 13.5 Å². The Morgan fingerprint density at radius 3 is 2.60 bits per heavy atom. The van der Waals surface area contributed by atoms with Crippen molar-refractivity contribution in [3.05, 3.63) is 53.4 Å². The molecule has 0 spiro atoms. The van der Waals surface area contributed by atoms with Gasteiger partial charge in [0.05, 0.1) is 6.61 Å². The molecule has 0 radical (unpaired) electrons. The fraction of sp³-hybridized carbons (Fsp3) is 0.133. The molecule has 2 rings (SSSR count). The number of carbonyl (C=O) groups is 1. The van der Waals surface area contributed by atoms with Crippen LogP contribution in [0.15, 0.2) is 42.2 Å². The van der Waals surface area contributed by atoms with E-state index in [2.05, 4.69) is 9.97 Å². The maximum Gasteiger partial charge on any atom is 0.331 e. The summed E-state index contributed by atoms with van der Waals surface area (Å²) in [6.45, 7) is 1.48. The monoisotopic (exact) mass is 270 g/mol. The number of carboxylic acid groups (broad SMARTS) is 1. The molecule has 5 nitrogen and oxygen atoms in total. The number of hydrogen-bond acceptors (Lipinski definition) is 4. The standard InChI is InChI=1S/C15H14N2O3/c1-10(15(19)20)5-12-7-16-14(17-8-12)13-4-2-3-11(6-13)9-18/h2-8,18H,9H2,1H3,(H,19,20). The summed E-state index contributed by atoms with van der Waals surface area (Å²) >= 11 is 0. The molecule has 0 aliphatic heterocycles. The lowest BCUT2D eigenvalue weighted by Crippen LogP contribution is -1.96. The summed E-state index contributed by atoms with van der Waals surface area (Å²) in [5, 5.41) is 17.9. The molecule has 0 unspecified atom stereocenters. The van der Waals surface area contributed by atoms with Gasteiger partial charge in [0.2, 0.25) is 0 Å². The lowest BCUT2D eigenvalue weighted by molar-refractivity contribution is -0.132. The fourth-order valence-corrected chi connectivity index (χ4v) is 1.68. The van der Waals surface area contributed by atoms with Crippen molar-refractivity contribution in [3.8, 4) is 11.4 Å². The second-order valence-electron chi connectivity index (χ2n) is 4.33. The van der Waals surface area contributed by atoms with E-state index in [9.17, 15) is 4.79 Å². The lowest BCUT2D eigenvalue weighted by atomic mass is 10.1. The van der Waals surface area contributed by atoms with Crippen LogP contribution < -0.4 is 0 Å². The maximum atomic E-state index is 10.7. The molecule has 0 fully saturated rings. The first kappa shape index (κ1) is 13.9. The third-order valence-electron chi connectivity index (χ3n) is 2.76. The minimum Gasteiger partial charge on any atom is -0.478 e. The molecule has 0 bridgehead atoms. The second-order valence-corrected chi connectivity index (χ2v) is 4.33. The quantitative estimate of drug-likeness (QED) is 0.831. The lowest BCUT2D eigenvalue weighted by Gasteiger charge is -2.03. The summed E-state index contributed by atoms with van der Waals surface area (Å²) in [6.07, 6.45) is 4.65. The molecule has 0 amide bonds. The number of carboxylic acids is 1. The predicted octanol–water partition coefficient (Wildman–Crippen LogP) is 2.12. The highest BCUT2D eigenvalue weighted by Crippen LogP contribution is 2.16. The van der Waals surface area contributed by atoms with Crippen LogP contribution >= 0.6 is 0 Å². The molecule has 1 aromatic carbocycles. The van der Waals surface area contributed by atoms with Gasteiger partial charge in [-0.15, -0.1) is 0 Å². The van der Waals surface area contributed by atoms with E-state index < -0.39 is 5.97 Å². The average molecular weight is 270 g/mol. The van der Waals surface area contributed by atoms with Crippen LogP contribution in [0.4, 0.5) is 0 Å². The van der Waals surface area contributed by atoms with Gasteiger partial charge < -0.3 is 10.2 Å². The van der Waals surface area contributed by atoms with E-state index in [0.717, 1.165) is 11.1 Å². The van der Waals surface area contributed by atoms with Gasteiger partial charge in [0.15, 0.2) is 5.82 Å². The van der Waals surface area contributed by atoms with E-state index in [-0.39, 0.29) is 12.2 Å². The van der Waals surface area contributed by atoms with Crippen LogP contribution in [0.5, 0.6) is 0 Å². The van der Waals surface area contributed by atoms with Crippen molar-refractivity contribution >= 4 is 12.0 Å². The zero-order valence-electron chi connectivity index (χ0n) is 10.9. The van der Waals surface area contributed by atoms with Gasteiger partial charge in [0.25, 0.3) is 0 Å². The first-order valence-electron chi connectivity index (χ1n) is 6.04. The zero-order chi connectivity index (χ0) is 14.5. The molecule has 102 valence electrons. The van der Waals surface area contributed by atoms with Crippen molar-refractivity contribution in [3.63, 3.8) is 0 Å². The molecule has 0 saturated carbocycles. The van der Waals surface area contributed by atoms with E-state index in [0.29, 0.717) is 11.4 Å². The molecular formula is C15H14N2O3. The number of benzene rings is 1. The normalized spacial score (nSPS) is 11.4. The molecular weight excluding hydrogens is 256 g/mol. The van der Waals surface area contributed by atoms with Gasteiger partial charge in [-0.1, -0.05) is 18.2 Å². The van der Waals surface area contributed by atoms with E-state index in [4.69, 9.17) is 10.2 Å². The Hall–Kier alpha value is -2.53. The highest BCUT2D eigenvalue weighted by Gasteiger charge is 2.03. The van der Waals surface area contributed by atoms with Crippen LogP contribution in [0.3, 0.4) is 0 Å². The number of aliphatic hydroxyl groups is 1. The Morgan fingerprint density at radius 1 is 1.30 bits per heavy atom.